The van der Waals surface area contributed by atoms with Crippen LogP contribution < -0.4 is 9.64 Å². The molecule has 0 radical (unpaired) electrons. The average Bonchev–Trinajstić information content (AvgIpc) is 3.35. The summed E-state index contributed by atoms with van der Waals surface area (Å²) in [4.78, 5) is 28.8. The van der Waals surface area contributed by atoms with Gasteiger partial charge in [-0.15, -0.1) is 0 Å². The maximum Gasteiger partial charge on any atom is 0.290 e. The molecular weight excluding hydrogens is 384 g/mol. The molecule has 158 valence electrons. The molecule has 2 aromatic rings. The molecule has 2 heterocycles. The van der Waals surface area contributed by atoms with Crippen LogP contribution in [0.25, 0.3) is 0 Å². The number of furan rings is 1. The van der Waals surface area contributed by atoms with Crippen molar-refractivity contribution in [2.24, 2.45) is 0 Å². The van der Waals surface area contributed by atoms with Crippen molar-refractivity contribution >= 4 is 11.7 Å². The van der Waals surface area contributed by atoms with Crippen molar-refractivity contribution in [2.75, 3.05) is 33.8 Å². The van der Waals surface area contributed by atoms with Gasteiger partial charge < -0.3 is 24.1 Å². The molecule has 3 rings (SSSR count). The van der Waals surface area contributed by atoms with Crippen LogP contribution in [0.5, 0.6) is 5.75 Å². The Morgan fingerprint density at radius 2 is 2.13 bits per heavy atom. The molecule has 7 nitrogen and oxygen atoms in total. The number of hydrogen-bond donors (Lipinski definition) is 2. The lowest BCUT2D eigenvalue weighted by atomic mass is 9.95. The molecule has 1 atom stereocenters. The number of aliphatic hydroxyl groups is 1. The summed E-state index contributed by atoms with van der Waals surface area (Å²) in [6, 6.07) is 9.58. The Morgan fingerprint density at radius 1 is 1.33 bits per heavy atom. The summed E-state index contributed by atoms with van der Waals surface area (Å²) in [5.41, 5.74) is 0.703. The molecule has 2 N–H and O–H groups in total. The number of carbonyl (C=O) groups excluding carboxylic acids is 2. The third-order valence-corrected chi connectivity index (χ3v) is 4.91. The fraction of sp³-hybridized carbons (Fsp3) is 0.304. The van der Waals surface area contributed by atoms with E-state index in [4.69, 9.17) is 9.15 Å². The number of quaternary nitrogens is 1. The second-order valence-electron chi connectivity index (χ2n) is 7.45. The van der Waals surface area contributed by atoms with Crippen LogP contribution in [0.4, 0.5) is 0 Å². The normalized spacial score (nSPS) is 16.4. The first-order valence-corrected chi connectivity index (χ1v) is 9.89. The Bertz CT molecular complexity index is 946. The third kappa shape index (κ3) is 4.46. The smallest absolute Gasteiger partial charge is 0.290 e. The predicted octanol–water partition coefficient (Wildman–Crippen LogP) is 1.96. The van der Waals surface area contributed by atoms with Gasteiger partial charge in [0, 0.05) is 13.0 Å². The number of hydrogen-bond acceptors (Lipinski definition) is 5. The van der Waals surface area contributed by atoms with Gasteiger partial charge >= 0.3 is 0 Å². The highest BCUT2D eigenvalue weighted by Crippen LogP contribution is 2.39. The van der Waals surface area contributed by atoms with Gasteiger partial charge in [0.1, 0.15) is 12.4 Å². The molecule has 30 heavy (non-hydrogen) atoms. The van der Waals surface area contributed by atoms with Gasteiger partial charge in [-0.25, -0.2) is 0 Å². The third-order valence-electron chi connectivity index (χ3n) is 4.91. The first kappa shape index (κ1) is 21.4. The maximum atomic E-state index is 13.1. The minimum atomic E-state index is -0.723. The number of aliphatic hydroxyl groups excluding tert-OH is 1. The lowest BCUT2D eigenvalue weighted by Crippen LogP contribution is -3.05. The standard InChI is InChI=1S/C23H26N2O5/c1-4-13-29-17-9-5-8-16(15-17)20-19(21(26)18-10-6-14-30-18)22(27)23(28)25(20)12-7-11-24(2)3/h4-6,8-10,14-15,20,27H,1,7,11-13H2,2-3H3/p+1/t20-/m0/s1. The van der Waals surface area contributed by atoms with Crippen LogP contribution in [0.1, 0.15) is 28.6 Å². The van der Waals surface area contributed by atoms with E-state index in [1.165, 1.54) is 17.2 Å². The molecule has 1 aliphatic rings. The van der Waals surface area contributed by atoms with Crippen LogP contribution in [0.2, 0.25) is 0 Å². The highest BCUT2D eigenvalue weighted by molar-refractivity contribution is 6.15. The number of amides is 1. The quantitative estimate of drug-likeness (QED) is 0.461. The van der Waals surface area contributed by atoms with Gasteiger partial charge in [0.2, 0.25) is 5.78 Å². The summed E-state index contributed by atoms with van der Waals surface area (Å²) < 4.78 is 10.9. The molecule has 0 aliphatic carbocycles. The van der Waals surface area contributed by atoms with Gasteiger partial charge in [-0.05, 0) is 29.8 Å². The Balaban J connectivity index is 2.00. The zero-order valence-electron chi connectivity index (χ0n) is 17.3. The molecule has 1 amide bonds. The van der Waals surface area contributed by atoms with Crippen molar-refractivity contribution in [3.8, 4) is 5.75 Å². The lowest BCUT2D eigenvalue weighted by molar-refractivity contribution is -0.858. The maximum absolute atomic E-state index is 13.1. The van der Waals surface area contributed by atoms with Crippen molar-refractivity contribution in [1.29, 1.82) is 0 Å². The SMILES string of the molecule is C=CCOc1cccc([C@H]2C(C(=O)c3ccco3)=C(O)C(=O)N2CCC[NH+](C)C)c1. The number of rotatable bonds is 10. The summed E-state index contributed by atoms with van der Waals surface area (Å²) in [5, 5.41) is 10.6. The van der Waals surface area contributed by atoms with Gasteiger partial charge in [-0.1, -0.05) is 24.8 Å². The van der Waals surface area contributed by atoms with Crippen molar-refractivity contribution < 1.29 is 28.7 Å². The summed E-state index contributed by atoms with van der Waals surface area (Å²) in [6.45, 7) is 5.24. The molecule has 0 unspecified atom stereocenters. The number of ether oxygens (including phenoxy) is 1. The molecule has 0 bridgehead atoms. The molecule has 1 aliphatic heterocycles. The minimum Gasteiger partial charge on any atom is -0.503 e. The van der Waals surface area contributed by atoms with Crippen LogP contribution in [0.15, 0.2) is 71.1 Å². The zero-order chi connectivity index (χ0) is 21.7. The number of nitrogens with one attached hydrogen (secondary N) is 1. The largest absolute Gasteiger partial charge is 0.503 e. The second kappa shape index (κ2) is 9.45. The van der Waals surface area contributed by atoms with Crippen molar-refractivity contribution in [2.45, 2.75) is 12.5 Å². The highest BCUT2D eigenvalue weighted by atomic mass is 16.5. The van der Waals surface area contributed by atoms with Crippen LogP contribution in [0, 0.1) is 0 Å². The first-order valence-electron chi connectivity index (χ1n) is 9.89. The van der Waals surface area contributed by atoms with Gasteiger partial charge in [0.25, 0.3) is 5.91 Å². The Morgan fingerprint density at radius 3 is 2.80 bits per heavy atom. The van der Waals surface area contributed by atoms with Crippen LogP contribution in [0.3, 0.4) is 0 Å². The van der Waals surface area contributed by atoms with E-state index in [9.17, 15) is 14.7 Å². The van der Waals surface area contributed by atoms with E-state index >= 15 is 0 Å². The van der Waals surface area contributed by atoms with E-state index in [0.717, 1.165) is 13.0 Å². The summed E-state index contributed by atoms with van der Waals surface area (Å²) in [6.07, 6.45) is 3.75. The van der Waals surface area contributed by atoms with E-state index in [0.29, 0.717) is 24.5 Å². The molecule has 1 aromatic heterocycles. The fourth-order valence-corrected chi connectivity index (χ4v) is 3.54. The van der Waals surface area contributed by atoms with E-state index < -0.39 is 23.5 Å². The number of ketones is 1. The van der Waals surface area contributed by atoms with Crippen LogP contribution in [-0.2, 0) is 4.79 Å². The van der Waals surface area contributed by atoms with Crippen molar-refractivity contribution in [3.05, 3.63) is 78.0 Å². The molecular formula is C23H27N2O5+. The van der Waals surface area contributed by atoms with Gasteiger partial charge in [0.15, 0.2) is 11.5 Å². The zero-order valence-corrected chi connectivity index (χ0v) is 17.3. The summed E-state index contributed by atoms with van der Waals surface area (Å²) >= 11 is 0. The van der Waals surface area contributed by atoms with Gasteiger partial charge in [-0.2, -0.15) is 0 Å². The van der Waals surface area contributed by atoms with Crippen molar-refractivity contribution in [1.82, 2.24) is 4.90 Å². The van der Waals surface area contributed by atoms with Crippen molar-refractivity contribution in [3.63, 3.8) is 0 Å². The Hall–Kier alpha value is -3.32. The molecule has 0 spiro atoms. The number of nitrogens with zero attached hydrogens (tertiary/aromatic N) is 1. The van der Waals surface area contributed by atoms with E-state index in [2.05, 4.69) is 6.58 Å². The van der Waals surface area contributed by atoms with Crippen LogP contribution in [-0.4, -0.2) is 55.5 Å². The molecule has 7 heteroatoms. The topological polar surface area (TPSA) is 84.4 Å². The molecule has 0 saturated heterocycles. The molecule has 1 aromatic carbocycles. The average molecular weight is 411 g/mol. The fourth-order valence-electron chi connectivity index (χ4n) is 3.54. The molecule has 0 saturated carbocycles. The number of Topliss-reactive ketones (excluding diaryl/α,β-unsaturated/α-hetero) is 1. The highest BCUT2D eigenvalue weighted by Gasteiger charge is 2.44. The minimum absolute atomic E-state index is 0.0213. The lowest BCUT2D eigenvalue weighted by Gasteiger charge is -2.27. The second-order valence-corrected chi connectivity index (χ2v) is 7.45. The Kier molecular flexibility index (Phi) is 6.74. The monoisotopic (exact) mass is 411 g/mol. The van der Waals surface area contributed by atoms with E-state index in [1.54, 1.807) is 35.2 Å². The first-order chi connectivity index (χ1) is 14.4. The number of benzene rings is 1. The van der Waals surface area contributed by atoms with Gasteiger partial charge in [-0.3, -0.25) is 9.59 Å². The predicted molar refractivity (Wildman–Crippen MR) is 112 cm³/mol. The van der Waals surface area contributed by atoms with E-state index in [-0.39, 0.29) is 11.3 Å². The summed E-state index contributed by atoms with van der Waals surface area (Å²) in [7, 11) is 4.07. The van der Waals surface area contributed by atoms with Gasteiger partial charge in [0.05, 0.1) is 38.5 Å². The van der Waals surface area contributed by atoms with E-state index in [1.807, 2.05) is 20.2 Å². The number of carbonyl (C=O) groups is 2. The summed E-state index contributed by atoms with van der Waals surface area (Å²) in [5.74, 6) is -0.923. The Labute approximate surface area is 175 Å². The molecule has 0 fully saturated rings. The van der Waals surface area contributed by atoms with Crippen LogP contribution >= 0.6 is 0 Å².